The maximum atomic E-state index is 3.44. The molecule has 0 heterocycles. The van der Waals surface area contributed by atoms with Crippen molar-refractivity contribution in [2.24, 2.45) is 0 Å². The second-order valence-corrected chi connectivity index (χ2v) is 3.52. The standard InChI is InChI=1S/C9H22N2/c1-5-10-8-7-9(3,4)11-6-2/h10-11H,5-8H2,1-4H3. The van der Waals surface area contributed by atoms with E-state index in [9.17, 15) is 0 Å². The highest BCUT2D eigenvalue weighted by Gasteiger charge is 2.13. The second-order valence-electron chi connectivity index (χ2n) is 3.52. The lowest BCUT2D eigenvalue weighted by molar-refractivity contribution is 0.365. The van der Waals surface area contributed by atoms with Crippen LogP contribution < -0.4 is 10.6 Å². The molecule has 2 heteroatoms. The Bertz CT molecular complexity index is 89.6. The van der Waals surface area contributed by atoms with Crippen molar-refractivity contribution < 1.29 is 0 Å². The van der Waals surface area contributed by atoms with Crippen LogP contribution in [0.3, 0.4) is 0 Å². The molecule has 0 spiro atoms. The van der Waals surface area contributed by atoms with Crippen molar-refractivity contribution in [2.45, 2.75) is 39.7 Å². The van der Waals surface area contributed by atoms with Gasteiger partial charge in [0.2, 0.25) is 0 Å². The molecule has 0 saturated heterocycles. The summed E-state index contributed by atoms with van der Waals surface area (Å²) in [4.78, 5) is 0. The van der Waals surface area contributed by atoms with Gasteiger partial charge in [0.15, 0.2) is 0 Å². The van der Waals surface area contributed by atoms with Gasteiger partial charge in [-0.2, -0.15) is 0 Å². The number of hydrogen-bond donors (Lipinski definition) is 2. The first-order chi connectivity index (χ1) is 5.12. The third-order valence-corrected chi connectivity index (χ3v) is 1.83. The highest BCUT2D eigenvalue weighted by atomic mass is 15.0. The van der Waals surface area contributed by atoms with Gasteiger partial charge in [0.05, 0.1) is 0 Å². The summed E-state index contributed by atoms with van der Waals surface area (Å²) in [6.07, 6.45) is 1.19. The highest BCUT2D eigenvalue weighted by Crippen LogP contribution is 2.05. The average Bonchev–Trinajstić information content (AvgIpc) is 1.87. The molecule has 68 valence electrons. The smallest absolute Gasteiger partial charge is 0.0137 e. The third-order valence-electron chi connectivity index (χ3n) is 1.83. The highest BCUT2D eigenvalue weighted by molar-refractivity contribution is 4.76. The molecule has 0 saturated carbocycles. The summed E-state index contributed by atoms with van der Waals surface area (Å²) < 4.78 is 0. The molecule has 0 amide bonds. The first kappa shape index (κ1) is 10.9. The maximum Gasteiger partial charge on any atom is 0.0137 e. The van der Waals surface area contributed by atoms with E-state index >= 15 is 0 Å². The first-order valence-electron chi connectivity index (χ1n) is 4.58. The van der Waals surface area contributed by atoms with E-state index in [-0.39, 0.29) is 5.54 Å². The quantitative estimate of drug-likeness (QED) is 0.571. The number of nitrogens with one attached hydrogen (secondary N) is 2. The molecule has 0 aliphatic carbocycles. The third kappa shape index (κ3) is 6.32. The molecule has 0 aromatic carbocycles. The fourth-order valence-corrected chi connectivity index (χ4v) is 1.14. The van der Waals surface area contributed by atoms with Crippen molar-refractivity contribution in [1.82, 2.24) is 10.6 Å². The van der Waals surface area contributed by atoms with Crippen LogP contribution in [-0.2, 0) is 0 Å². The molecule has 0 unspecified atom stereocenters. The SMILES string of the molecule is CCNCCC(C)(C)NCC. The van der Waals surface area contributed by atoms with E-state index in [1.807, 2.05) is 0 Å². The molecule has 0 aliphatic heterocycles. The molecule has 0 aromatic rings. The molecule has 2 N–H and O–H groups in total. The molecular weight excluding hydrogens is 136 g/mol. The normalized spacial score (nSPS) is 12.0. The lowest BCUT2D eigenvalue weighted by Crippen LogP contribution is -2.41. The Morgan fingerprint density at radius 2 is 1.73 bits per heavy atom. The minimum atomic E-state index is 0.289. The van der Waals surface area contributed by atoms with E-state index in [4.69, 9.17) is 0 Å². The Morgan fingerprint density at radius 3 is 2.18 bits per heavy atom. The van der Waals surface area contributed by atoms with Crippen LogP contribution in [0.5, 0.6) is 0 Å². The lowest BCUT2D eigenvalue weighted by atomic mass is 10.0. The Kier molecular flexibility index (Phi) is 5.51. The van der Waals surface area contributed by atoms with E-state index in [0.29, 0.717) is 0 Å². The molecule has 0 radical (unpaired) electrons. The molecule has 0 aromatic heterocycles. The molecule has 2 nitrogen and oxygen atoms in total. The van der Waals surface area contributed by atoms with Crippen molar-refractivity contribution >= 4 is 0 Å². The summed E-state index contributed by atoms with van der Waals surface area (Å²) in [5.74, 6) is 0. The minimum absolute atomic E-state index is 0.289. The number of rotatable bonds is 6. The zero-order valence-corrected chi connectivity index (χ0v) is 8.33. The predicted molar refractivity (Wildman–Crippen MR) is 50.9 cm³/mol. The molecular formula is C9H22N2. The average molecular weight is 158 g/mol. The Hall–Kier alpha value is -0.0800. The fourth-order valence-electron chi connectivity index (χ4n) is 1.14. The van der Waals surface area contributed by atoms with Crippen molar-refractivity contribution in [1.29, 1.82) is 0 Å². The molecule has 0 bridgehead atoms. The van der Waals surface area contributed by atoms with E-state index < -0.39 is 0 Å². The van der Waals surface area contributed by atoms with Gasteiger partial charge in [-0.3, -0.25) is 0 Å². The van der Waals surface area contributed by atoms with Crippen LogP contribution >= 0.6 is 0 Å². The molecule has 0 fully saturated rings. The van der Waals surface area contributed by atoms with E-state index in [1.54, 1.807) is 0 Å². The zero-order valence-electron chi connectivity index (χ0n) is 8.33. The van der Waals surface area contributed by atoms with Crippen molar-refractivity contribution in [3.63, 3.8) is 0 Å². The fraction of sp³-hybridized carbons (Fsp3) is 1.00. The lowest BCUT2D eigenvalue weighted by Gasteiger charge is -2.25. The zero-order chi connectivity index (χ0) is 8.74. The predicted octanol–water partition coefficient (Wildman–Crippen LogP) is 1.37. The van der Waals surface area contributed by atoms with Gasteiger partial charge in [-0.1, -0.05) is 13.8 Å². The van der Waals surface area contributed by atoms with Gasteiger partial charge in [-0.25, -0.2) is 0 Å². The van der Waals surface area contributed by atoms with Crippen molar-refractivity contribution in [2.75, 3.05) is 19.6 Å². The van der Waals surface area contributed by atoms with E-state index in [1.165, 1.54) is 6.42 Å². The van der Waals surface area contributed by atoms with Crippen LogP contribution in [0.2, 0.25) is 0 Å². The summed E-state index contributed by atoms with van der Waals surface area (Å²) in [6, 6.07) is 0. The van der Waals surface area contributed by atoms with Crippen LogP contribution in [0.15, 0.2) is 0 Å². The molecule has 0 aliphatic rings. The summed E-state index contributed by atoms with van der Waals surface area (Å²) in [5, 5.41) is 6.76. The Labute approximate surface area is 70.8 Å². The van der Waals surface area contributed by atoms with Crippen molar-refractivity contribution in [3.05, 3.63) is 0 Å². The molecule has 0 rings (SSSR count). The maximum absolute atomic E-state index is 3.44. The minimum Gasteiger partial charge on any atom is -0.317 e. The van der Waals surface area contributed by atoms with Crippen LogP contribution in [0.1, 0.15) is 34.1 Å². The topological polar surface area (TPSA) is 24.1 Å². The number of hydrogen-bond acceptors (Lipinski definition) is 2. The van der Waals surface area contributed by atoms with Crippen LogP contribution in [0.25, 0.3) is 0 Å². The van der Waals surface area contributed by atoms with Gasteiger partial charge < -0.3 is 10.6 Å². The second kappa shape index (κ2) is 5.56. The summed E-state index contributed by atoms with van der Waals surface area (Å²) in [7, 11) is 0. The van der Waals surface area contributed by atoms with Gasteiger partial charge in [0.25, 0.3) is 0 Å². The summed E-state index contributed by atoms with van der Waals surface area (Å²) >= 11 is 0. The van der Waals surface area contributed by atoms with Crippen LogP contribution in [-0.4, -0.2) is 25.2 Å². The monoisotopic (exact) mass is 158 g/mol. The Balaban J connectivity index is 3.38. The van der Waals surface area contributed by atoms with Gasteiger partial charge >= 0.3 is 0 Å². The largest absolute Gasteiger partial charge is 0.317 e. The first-order valence-corrected chi connectivity index (χ1v) is 4.58. The van der Waals surface area contributed by atoms with Gasteiger partial charge in [0.1, 0.15) is 0 Å². The Morgan fingerprint density at radius 1 is 1.09 bits per heavy atom. The van der Waals surface area contributed by atoms with Crippen molar-refractivity contribution in [3.8, 4) is 0 Å². The summed E-state index contributed by atoms with van der Waals surface area (Å²) in [5.41, 5.74) is 0.289. The van der Waals surface area contributed by atoms with Gasteiger partial charge in [-0.15, -0.1) is 0 Å². The van der Waals surface area contributed by atoms with Crippen LogP contribution in [0, 0.1) is 0 Å². The summed E-state index contributed by atoms with van der Waals surface area (Å²) in [6.45, 7) is 12.0. The van der Waals surface area contributed by atoms with Crippen LogP contribution in [0.4, 0.5) is 0 Å². The van der Waals surface area contributed by atoms with Gasteiger partial charge in [0, 0.05) is 5.54 Å². The van der Waals surface area contributed by atoms with E-state index in [0.717, 1.165) is 19.6 Å². The van der Waals surface area contributed by atoms with Gasteiger partial charge in [-0.05, 0) is 39.9 Å². The molecule has 11 heavy (non-hydrogen) atoms. The molecule has 0 atom stereocenters. The van der Waals surface area contributed by atoms with E-state index in [2.05, 4.69) is 38.3 Å².